The molecule has 2 amide bonds. The molecule has 192 valence electrons. The summed E-state index contributed by atoms with van der Waals surface area (Å²) >= 11 is 0. The number of anilines is 1. The molecule has 0 aliphatic rings. The smallest absolute Gasteiger partial charge is 0.304 e. The van der Waals surface area contributed by atoms with Crippen LogP contribution in [-0.4, -0.2) is 69.8 Å². The average molecular weight is 509 g/mol. The lowest BCUT2D eigenvalue weighted by Crippen LogP contribution is -2.52. The highest BCUT2D eigenvalue weighted by Crippen LogP contribution is 2.21. The van der Waals surface area contributed by atoms with Crippen molar-refractivity contribution in [2.75, 3.05) is 38.6 Å². The Kier molecular flexibility index (Phi) is 10.0. The van der Waals surface area contributed by atoms with Crippen LogP contribution in [0.1, 0.15) is 25.8 Å². The molecule has 0 saturated carbocycles. The molecule has 1 N–H and O–H groups in total. The van der Waals surface area contributed by atoms with E-state index in [9.17, 15) is 22.4 Å². The SMILES string of the molecule is CCCNC(=O)[C@H](C)N(Cc1ccc(OC)cc1)C(=O)CN(c1ccc(F)cc1)S(=O)(=O)N(C)C. The van der Waals surface area contributed by atoms with Gasteiger partial charge in [0.25, 0.3) is 0 Å². The first kappa shape index (κ1) is 28.1. The fourth-order valence-corrected chi connectivity index (χ4v) is 4.29. The molecule has 2 rings (SSSR count). The normalized spacial score (nSPS) is 12.2. The fourth-order valence-electron chi connectivity index (χ4n) is 3.23. The molecule has 0 aliphatic heterocycles. The minimum Gasteiger partial charge on any atom is -0.497 e. The quantitative estimate of drug-likeness (QED) is 0.475. The van der Waals surface area contributed by atoms with Crippen LogP contribution in [0.25, 0.3) is 0 Å². The number of ether oxygens (including phenoxy) is 1. The Labute approximate surface area is 206 Å². The lowest BCUT2D eigenvalue weighted by molar-refractivity contribution is -0.139. The second-order valence-electron chi connectivity index (χ2n) is 8.11. The Balaban J connectivity index is 2.42. The molecule has 35 heavy (non-hydrogen) atoms. The Morgan fingerprint density at radius 3 is 2.17 bits per heavy atom. The summed E-state index contributed by atoms with van der Waals surface area (Å²) in [4.78, 5) is 27.6. The predicted octanol–water partition coefficient (Wildman–Crippen LogP) is 2.39. The lowest BCUT2D eigenvalue weighted by atomic mass is 10.1. The number of benzene rings is 2. The molecular weight excluding hydrogens is 475 g/mol. The summed E-state index contributed by atoms with van der Waals surface area (Å²) in [5.41, 5.74) is 0.860. The summed E-state index contributed by atoms with van der Waals surface area (Å²) in [5.74, 6) is -0.836. The second kappa shape index (κ2) is 12.5. The first-order valence-electron chi connectivity index (χ1n) is 11.2. The minimum absolute atomic E-state index is 0.0722. The van der Waals surface area contributed by atoms with E-state index in [1.807, 2.05) is 6.92 Å². The zero-order valence-corrected chi connectivity index (χ0v) is 21.5. The third kappa shape index (κ3) is 7.40. The van der Waals surface area contributed by atoms with Crippen molar-refractivity contribution in [1.29, 1.82) is 0 Å². The van der Waals surface area contributed by atoms with Gasteiger partial charge in [0.05, 0.1) is 12.8 Å². The van der Waals surface area contributed by atoms with Gasteiger partial charge in [0.2, 0.25) is 11.8 Å². The van der Waals surface area contributed by atoms with Crippen molar-refractivity contribution in [2.45, 2.75) is 32.9 Å². The van der Waals surface area contributed by atoms with Crippen LogP contribution in [0.2, 0.25) is 0 Å². The molecule has 0 aliphatic carbocycles. The summed E-state index contributed by atoms with van der Waals surface area (Å²) < 4.78 is 46.6. The predicted molar refractivity (Wildman–Crippen MR) is 133 cm³/mol. The van der Waals surface area contributed by atoms with Crippen LogP contribution in [-0.2, 0) is 26.3 Å². The maximum Gasteiger partial charge on any atom is 0.304 e. The maximum absolute atomic E-state index is 13.5. The summed E-state index contributed by atoms with van der Waals surface area (Å²) in [7, 11) is 0.125. The first-order chi connectivity index (χ1) is 16.5. The topological polar surface area (TPSA) is 99.3 Å². The van der Waals surface area contributed by atoms with Crippen molar-refractivity contribution < 1.29 is 27.1 Å². The molecule has 2 aromatic carbocycles. The number of nitrogens with zero attached hydrogens (tertiary/aromatic N) is 3. The van der Waals surface area contributed by atoms with E-state index in [2.05, 4.69) is 5.32 Å². The number of halogens is 1. The highest BCUT2D eigenvalue weighted by atomic mass is 32.2. The van der Waals surface area contributed by atoms with Gasteiger partial charge in [0, 0.05) is 27.2 Å². The van der Waals surface area contributed by atoms with E-state index in [1.165, 1.54) is 31.1 Å². The van der Waals surface area contributed by atoms with Crippen LogP contribution in [0, 0.1) is 5.82 Å². The summed E-state index contributed by atoms with van der Waals surface area (Å²) in [6.07, 6.45) is 0.726. The highest BCUT2D eigenvalue weighted by Gasteiger charge is 2.32. The van der Waals surface area contributed by atoms with Crippen LogP contribution in [0.4, 0.5) is 10.1 Å². The zero-order valence-electron chi connectivity index (χ0n) is 20.7. The number of carbonyl (C=O) groups is 2. The third-order valence-electron chi connectivity index (χ3n) is 5.36. The minimum atomic E-state index is -4.10. The monoisotopic (exact) mass is 508 g/mol. The lowest BCUT2D eigenvalue weighted by Gasteiger charge is -2.32. The van der Waals surface area contributed by atoms with Crippen LogP contribution in [0.5, 0.6) is 5.75 Å². The fraction of sp³-hybridized carbons (Fsp3) is 0.417. The van der Waals surface area contributed by atoms with Gasteiger partial charge in [0.1, 0.15) is 24.2 Å². The average Bonchev–Trinajstić information content (AvgIpc) is 2.84. The number of hydrogen-bond donors (Lipinski definition) is 1. The van der Waals surface area contributed by atoms with Gasteiger partial charge in [-0.2, -0.15) is 12.7 Å². The summed E-state index contributed by atoms with van der Waals surface area (Å²) in [5, 5.41) is 2.78. The molecule has 0 heterocycles. The van der Waals surface area contributed by atoms with Crippen molar-refractivity contribution in [3.63, 3.8) is 0 Å². The molecule has 0 spiro atoms. The second-order valence-corrected chi connectivity index (χ2v) is 10.2. The number of carbonyl (C=O) groups excluding carboxylic acids is 2. The van der Waals surface area contributed by atoms with Crippen molar-refractivity contribution in [2.24, 2.45) is 0 Å². The number of rotatable bonds is 12. The van der Waals surface area contributed by atoms with Gasteiger partial charge in [-0.25, -0.2) is 8.70 Å². The van der Waals surface area contributed by atoms with Gasteiger partial charge >= 0.3 is 10.2 Å². The summed E-state index contributed by atoms with van der Waals surface area (Å²) in [6.45, 7) is 3.45. The maximum atomic E-state index is 13.5. The molecule has 0 fully saturated rings. The number of methoxy groups -OCH3 is 1. The third-order valence-corrected chi connectivity index (χ3v) is 7.18. The standard InChI is InChI=1S/C24H33FN4O5S/c1-6-15-26-24(31)18(2)28(16-19-7-13-22(34-5)14-8-19)23(30)17-29(35(32,33)27(3)4)21-11-9-20(25)10-12-21/h7-14,18H,6,15-17H2,1-5H3,(H,26,31)/t18-/m0/s1. The van der Waals surface area contributed by atoms with Gasteiger partial charge < -0.3 is 15.0 Å². The Hall–Kier alpha value is -3.18. The van der Waals surface area contributed by atoms with E-state index in [0.29, 0.717) is 12.3 Å². The molecule has 9 nitrogen and oxygen atoms in total. The molecular formula is C24H33FN4O5S. The molecule has 0 saturated heterocycles. The Bertz CT molecular complexity index is 1090. The molecule has 1 atom stereocenters. The van der Waals surface area contributed by atoms with E-state index in [-0.39, 0.29) is 18.1 Å². The molecule has 0 bridgehead atoms. The number of hydrogen-bond acceptors (Lipinski definition) is 5. The summed E-state index contributed by atoms with van der Waals surface area (Å²) in [6, 6.07) is 11.0. The Morgan fingerprint density at radius 1 is 1.06 bits per heavy atom. The Morgan fingerprint density at radius 2 is 1.66 bits per heavy atom. The van der Waals surface area contributed by atoms with E-state index in [4.69, 9.17) is 4.74 Å². The molecule has 11 heteroatoms. The van der Waals surface area contributed by atoms with E-state index >= 15 is 0 Å². The van der Waals surface area contributed by atoms with Crippen LogP contribution in [0.15, 0.2) is 48.5 Å². The largest absolute Gasteiger partial charge is 0.497 e. The van der Waals surface area contributed by atoms with Crippen molar-refractivity contribution in [1.82, 2.24) is 14.5 Å². The van der Waals surface area contributed by atoms with Crippen molar-refractivity contribution in [3.05, 3.63) is 59.9 Å². The highest BCUT2D eigenvalue weighted by molar-refractivity contribution is 7.90. The van der Waals surface area contributed by atoms with Gasteiger partial charge in [-0.1, -0.05) is 19.1 Å². The van der Waals surface area contributed by atoms with E-state index in [0.717, 1.165) is 32.7 Å². The van der Waals surface area contributed by atoms with Crippen molar-refractivity contribution >= 4 is 27.7 Å². The van der Waals surface area contributed by atoms with Crippen LogP contribution < -0.4 is 14.4 Å². The molecule has 0 unspecified atom stereocenters. The number of nitrogens with one attached hydrogen (secondary N) is 1. The van der Waals surface area contributed by atoms with Crippen LogP contribution in [0.3, 0.4) is 0 Å². The van der Waals surface area contributed by atoms with Gasteiger partial charge in [-0.05, 0) is 55.3 Å². The number of amides is 2. The molecule has 0 aromatic heterocycles. The van der Waals surface area contributed by atoms with Gasteiger partial charge in [0.15, 0.2) is 0 Å². The van der Waals surface area contributed by atoms with Crippen LogP contribution >= 0.6 is 0 Å². The van der Waals surface area contributed by atoms with Gasteiger partial charge in [-0.3, -0.25) is 9.59 Å². The zero-order chi connectivity index (χ0) is 26.2. The van der Waals surface area contributed by atoms with Crippen molar-refractivity contribution in [3.8, 4) is 5.75 Å². The molecule has 0 radical (unpaired) electrons. The molecule has 2 aromatic rings. The first-order valence-corrected chi connectivity index (χ1v) is 12.6. The van der Waals surface area contributed by atoms with E-state index in [1.54, 1.807) is 38.3 Å². The van der Waals surface area contributed by atoms with E-state index < -0.39 is 34.5 Å². The van der Waals surface area contributed by atoms with Gasteiger partial charge in [-0.15, -0.1) is 0 Å².